The Kier molecular flexibility index (Phi) is 5.40. The van der Waals surface area contributed by atoms with Crippen LogP contribution in [0.2, 0.25) is 0 Å². The maximum absolute atomic E-state index is 12.3. The molecule has 0 spiro atoms. The molecule has 1 atom stereocenters. The standard InChI is InChI=1S/C15H27N3O2/c1-12(2)16-13-6-5-10-18(15(13)20)11-7-14(19)17-8-3-4-9-17/h12-13,16H,3-11H2,1-2H3. The van der Waals surface area contributed by atoms with Crippen LogP contribution in [-0.2, 0) is 9.59 Å². The summed E-state index contributed by atoms with van der Waals surface area (Å²) in [6.07, 6.45) is 4.64. The number of rotatable bonds is 5. The summed E-state index contributed by atoms with van der Waals surface area (Å²) in [6, 6.07) is 0.251. The summed E-state index contributed by atoms with van der Waals surface area (Å²) in [5.74, 6) is 0.369. The number of hydrogen-bond donors (Lipinski definition) is 1. The fourth-order valence-electron chi connectivity index (χ4n) is 3.07. The third-order valence-electron chi connectivity index (χ3n) is 4.12. The minimum atomic E-state index is -0.0642. The molecule has 1 unspecified atom stereocenters. The molecule has 2 fully saturated rings. The van der Waals surface area contributed by atoms with Crippen molar-refractivity contribution in [3.05, 3.63) is 0 Å². The number of carbonyl (C=O) groups excluding carboxylic acids is 2. The van der Waals surface area contributed by atoms with E-state index in [0.717, 1.165) is 45.3 Å². The Hall–Kier alpha value is -1.10. The molecular weight excluding hydrogens is 254 g/mol. The third-order valence-corrected chi connectivity index (χ3v) is 4.12. The molecule has 2 amide bonds. The molecule has 0 aromatic carbocycles. The highest BCUT2D eigenvalue weighted by Gasteiger charge is 2.29. The highest BCUT2D eigenvalue weighted by atomic mass is 16.2. The van der Waals surface area contributed by atoms with Crippen LogP contribution in [0.4, 0.5) is 0 Å². The third kappa shape index (κ3) is 3.95. The summed E-state index contributed by atoms with van der Waals surface area (Å²) in [5.41, 5.74) is 0. The normalized spacial score (nSPS) is 23.8. The SMILES string of the molecule is CC(C)NC1CCCN(CCC(=O)N2CCCC2)C1=O. The van der Waals surface area contributed by atoms with E-state index in [1.54, 1.807) is 0 Å². The molecule has 0 aliphatic carbocycles. The van der Waals surface area contributed by atoms with Gasteiger partial charge in [-0.1, -0.05) is 13.8 Å². The topological polar surface area (TPSA) is 52.7 Å². The molecule has 2 heterocycles. The summed E-state index contributed by atoms with van der Waals surface area (Å²) in [7, 11) is 0. The largest absolute Gasteiger partial charge is 0.343 e. The minimum Gasteiger partial charge on any atom is -0.343 e. The molecule has 0 aromatic heterocycles. The summed E-state index contributed by atoms with van der Waals surface area (Å²) in [6.45, 7) is 7.27. The van der Waals surface area contributed by atoms with Crippen LogP contribution in [-0.4, -0.2) is 59.9 Å². The first-order chi connectivity index (χ1) is 9.58. The molecule has 1 N–H and O–H groups in total. The average Bonchev–Trinajstić information content (AvgIpc) is 2.93. The van der Waals surface area contributed by atoms with E-state index in [2.05, 4.69) is 19.2 Å². The van der Waals surface area contributed by atoms with Gasteiger partial charge < -0.3 is 15.1 Å². The van der Waals surface area contributed by atoms with Gasteiger partial charge in [-0.25, -0.2) is 0 Å². The van der Waals surface area contributed by atoms with Gasteiger partial charge in [-0.2, -0.15) is 0 Å². The number of carbonyl (C=O) groups is 2. The van der Waals surface area contributed by atoms with Crippen molar-refractivity contribution < 1.29 is 9.59 Å². The molecule has 2 rings (SSSR count). The monoisotopic (exact) mass is 281 g/mol. The first-order valence-electron chi connectivity index (χ1n) is 7.90. The lowest BCUT2D eigenvalue weighted by molar-refractivity contribution is -0.137. The van der Waals surface area contributed by atoms with Crippen molar-refractivity contribution in [1.29, 1.82) is 0 Å². The van der Waals surface area contributed by atoms with Gasteiger partial charge >= 0.3 is 0 Å². The number of likely N-dealkylation sites (tertiary alicyclic amines) is 2. The van der Waals surface area contributed by atoms with E-state index in [-0.39, 0.29) is 17.9 Å². The van der Waals surface area contributed by atoms with Crippen LogP contribution in [0.25, 0.3) is 0 Å². The lowest BCUT2D eigenvalue weighted by Crippen LogP contribution is -2.52. The van der Waals surface area contributed by atoms with Crippen LogP contribution in [0.5, 0.6) is 0 Å². The van der Waals surface area contributed by atoms with E-state index < -0.39 is 0 Å². The molecule has 20 heavy (non-hydrogen) atoms. The first-order valence-corrected chi connectivity index (χ1v) is 7.90. The number of piperidine rings is 1. The van der Waals surface area contributed by atoms with Gasteiger partial charge in [-0.15, -0.1) is 0 Å². The second-order valence-corrected chi connectivity index (χ2v) is 6.18. The van der Waals surface area contributed by atoms with Crippen LogP contribution in [0.15, 0.2) is 0 Å². The lowest BCUT2D eigenvalue weighted by Gasteiger charge is -2.33. The Balaban J connectivity index is 1.79. The summed E-state index contributed by atoms with van der Waals surface area (Å²) in [5, 5.41) is 3.32. The van der Waals surface area contributed by atoms with Gasteiger partial charge in [0.2, 0.25) is 11.8 Å². The molecular formula is C15H27N3O2. The van der Waals surface area contributed by atoms with E-state index in [9.17, 15) is 9.59 Å². The van der Waals surface area contributed by atoms with Crippen molar-refractivity contribution >= 4 is 11.8 Å². The minimum absolute atomic E-state index is 0.0642. The van der Waals surface area contributed by atoms with E-state index in [4.69, 9.17) is 0 Å². The predicted molar refractivity (Wildman–Crippen MR) is 78.3 cm³/mol. The maximum Gasteiger partial charge on any atom is 0.239 e. The van der Waals surface area contributed by atoms with Gasteiger partial charge in [-0.3, -0.25) is 9.59 Å². The summed E-state index contributed by atoms with van der Waals surface area (Å²) >= 11 is 0. The number of nitrogens with zero attached hydrogens (tertiary/aromatic N) is 2. The van der Waals surface area contributed by atoms with Crippen molar-refractivity contribution in [3.8, 4) is 0 Å². The smallest absolute Gasteiger partial charge is 0.239 e. The highest BCUT2D eigenvalue weighted by Crippen LogP contribution is 2.14. The van der Waals surface area contributed by atoms with Gasteiger partial charge in [-0.05, 0) is 25.7 Å². The van der Waals surface area contributed by atoms with Gasteiger partial charge in [0, 0.05) is 38.6 Å². The summed E-state index contributed by atoms with van der Waals surface area (Å²) < 4.78 is 0. The maximum atomic E-state index is 12.3. The second kappa shape index (κ2) is 7.07. The van der Waals surface area contributed by atoms with Gasteiger partial charge in [0.1, 0.15) is 0 Å². The fraction of sp³-hybridized carbons (Fsp3) is 0.867. The van der Waals surface area contributed by atoms with E-state index >= 15 is 0 Å². The molecule has 0 radical (unpaired) electrons. The van der Waals surface area contributed by atoms with Gasteiger partial charge in [0.25, 0.3) is 0 Å². The quantitative estimate of drug-likeness (QED) is 0.817. The van der Waals surface area contributed by atoms with E-state index in [0.29, 0.717) is 19.0 Å². The molecule has 114 valence electrons. The Bertz CT molecular complexity index is 351. The fourth-order valence-corrected chi connectivity index (χ4v) is 3.07. The molecule has 0 aromatic rings. The van der Waals surface area contributed by atoms with Crippen molar-refractivity contribution in [2.24, 2.45) is 0 Å². The molecule has 5 heteroatoms. The zero-order valence-corrected chi connectivity index (χ0v) is 12.7. The highest BCUT2D eigenvalue weighted by molar-refractivity contribution is 5.83. The number of nitrogens with one attached hydrogen (secondary N) is 1. The Morgan fingerprint density at radius 2 is 1.95 bits per heavy atom. The average molecular weight is 281 g/mol. The van der Waals surface area contributed by atoms with E-state index in [1.165, 1.54) is 0 Å². The van der Waals surface area contributed by atoms with Gasteiger partial charge in [0.15, 0.2) is 0 Å². The van der Waals surface area contributed by atoms with Crippen LogP contribution in [0, 0.1) is 0 Å². The lowest BCUT2D eigenvalue weighted by atomic mass is 10.0. The second-order valence-electron chi connectivity index (χ2n) is 6.18. The Morgan fingerprint density at radius 1 is 1.25 bits per heavy atom. The zero-order valence-electron chi connectivity index (χ0n) is 12.7. The van der Waals surface area contributed by atoms with Crippen LogP contribution in [0.1, 0.15) is 46.0 Å². The van der Waals surface area contributed by atoms with Crippen LogP contribution in [0.3, 0.4) is 0 Å². The van der Waals surface area contributed by atoms with E-state index in [1.807, 2.05) is 9.80 Å². The molecule has 0 saturated carbocycles. The van der Waals surface area contributed by atoms with Crippen molar-refractivity contribution in [1.82, 2.24) is 15.1 Å². The summed E-state index contributed by atoms with van der Waals surface area (Å²) in [4.78, 5) is 28.1. The van der Waals surface area contributed by atoms with Crippen molar-refractivity contribution in [2.45, 2.75) is 58.0 Å². The zero-order chi connectivity index (χ0) is 14.5. The predicted octanol–water partition coefficient (Wildman–Crippen LogP) is 0.988. The Morgan fingerprint density at radius 3 is 2.60 bits per heavy atom. The molecule has 2 saturated heterocycles. The molecule has 2 aliphatic rings. The number of amides is 2. The molecule has 2 aliphatic heterocycles. The molecule has 0 bridgehead atoms. The van der Waals surface area contributed by atoms with Crippen molar-refractivity contribution in [2.75, 3.05) is 26.2 Å². The van der Waals surface area contributed by atoms with Gasteiger partial charge in [0.05, 0.1) is 6.04 Å². The van der Waals surface area contributed by atoms with Crippen LogP contribution < -0.4 is 5.32 Å². The Labute approximate surface area is 121 Å². The van der Waals surface area contributed by atoms with Crippen molar-refractivity contribution in [3.63, 3.8) is 0 Å². The first kappa shape index (κ1) is 15.3. The molecule has 5 nitrogen and oxygen atoms in total. The number of hydrogen-bond acceptors (Lipinski definition) is 3. The van der Waals surface area contributed by atoms with Crippen LogP contribution >= 0.6 is 0 Å².